The molecule has 1 saturated heterocycles. The van der Waals surface area contributed by atoms with Gasteiger partial charge in [0.2, 0.25) is 10.0 Å². The largest absolute Gasteiger partial charge is 0.271 e. The summed E-state index contributed by atoms with van der Waals surface area (Å²) in [6.45, 7) is 1.10. The highest BCUT2D eigenvalue weighted by atomic mass is 32.2. The molecule has 2 aliphatic rings. The average molecular weight is 392 g/mol. The van der Waals surface area contributed by atoms with Crippen molar-refractivity contribution in [2.45, 2.75) is 69.1 Å². The standard InChI is InChI=1S/C20H29N3O3S/c24-20(22-21-18-11-5-2-1-3-6-12-18)17-10-9-13-19(16-17)27(25,26)23-14-7-4-8-15-23/h9-10,13,16H,1-8,11-12,14-15H2,(H,22,24). The number of benzene rings is 1. The van der Waals surface area contributed by atoms with Crippen molar-refractivity contribution in [2.24, 2.45) is 5.10 Å². The summed E-state index contributed by atoms with van der Waals surface area (Å²) in [5, 5.41) is 4.30. The second-order valence-electron chi connectivity index (χ2n) is 7.38. The van der Waals surface area contributed by atoms with E-state index >= 15 is 0 Å². The van der Waals surface area contributed by atoms with Gasteiger partial charge in [-0.05, 0) is 56.7 Å². The number of nitrogens with zero attached hydrogens (tertiary/aromatic N) is 2. The zero-order valence-corrected chi connectivity index (χ0v) is 16.6. The number of hydrazone groups is 1. The second-order valence-corrected chi connectivity index (χ2v) is 9.32. The second kappa shape index (κ2) is 9.46. The van der Waals surface area contributed by atoms with Crippen LogP contribution in [0.5, 0.6) is 0 Å². The minimum atomic E-state index is -3.54. The maximum atomic E-state index is 12.8. The SMILES string of the molecule is O=C(NN=C1CCCCCCC1)c1cccc(S(=O)(=O)N2CCCCC2)c1. The monoisotopic (exact) mass is 391 g/mol. The number of carbonyl (C=O) groups is 1. The van der Waals surface area contributed by atoms with Gasteiger partial charge in [-0.25, -0.2) is 13.8 Å². The molecular formula is C20H29N3O3S. The fourth-order valence-electron chi connectivity index (χ4n) is 3.67. The number of nitrogens with one attached hydrogen (secondary N) is 1. The van der Waals surface area contributed by atoms with Gasteiger partial charge in [0.1, 0.15) is 0 Å². The van der Waals surface area contributed by atoms with Crippen LogP contribution in [0, 0.1) is 0 Å². The molecule has 0 unspecified atom stereocenters. The molecule has 0 bridgehead atoms. The summed E-state index contributed by atoms with van der Waals surface area (Å²) in [7, 11) is -3.54. The predicted molar refractivity (Wildman–Crippen MR) is 106 cm³/mol. The van der Waals surface area contributed by atoms with Gasteiger partial charge < -0.3 is 0 Å². The Kier molecular flexibility index (Phi) is 7.01. The summed E-state index contributed by atoms with van der Waals surface area (Å²) >= 11 is 0. The molecule has 0 spiro atoms. The minimum absolute atomic E-state index is 0.177. The van der Waals surface area contributed by atoms with Crippen LogP contribution in [0.2, 0.25) is 0 Å². The van der Waals surface area contributed by atoms with Gasteiger partial charge in [0, 0.05) is 24.4 Å². The first-order valence-corrected chi connectivity index (χ1v) is 11.5. The lowest BCUT2D eigenvalue weighted by molar-refractivity contribution is 0.0954. The molecule has 3 rings (SSSR count). The predicted octanol–water partition coefficient (Wildman–Crippen LogP) is 3.69. The van der Waals surface area contributed by atoms with Crippen LogP contribution in [0.15, 0.2) is 34.3 Å². The number of rotatable bonds is 4. The maximum Gasteiger partial charge on any atom is 0.271 e. The third-order valence-electron chi connectivity index (χ3n) is 5.30. The summed E-state index contributed by atoms with van der Waals surface area (Å²) in [5.41, 5.74) is 3.97. The Hall–Kier alpha value is -1.73. The molecule has 1 saturated carbocycles. The van der Waals surface area contributed by atoms with Crippen molar-refractivity contribution in [1.82, 2.24) is 9.73 Å². The van der Waals surface area contributed by atoms with Crippen molar-refractivity contribution in [3.63, 3.8) is 0 Å². The van der Waals surface area contributed by atoms with Crippen LogP contribution in [0.1, 0.15) is 74.6 Å². The first-order chi connectivity index (χ1) is 13.1. The maximum absolute atomic E-state index is 12.8. The lowest BCUT2D eigenvalue weighted by Crippen LogP contribution is -2.35. The Balaban J connectivity index is 1.69. The van der Waals surface area contributed by atoms with E-state index in [-0.39, 0.29) is 10.8 Å². The molecule has 0 atom stereocenters. The summed E-state index contributed by atoms with van der Waals surface area (Å²) in [4.78, 5) is 12.6. The van der Waals surface area contributed by atoms with Crippen molar-refractivity contribution >= 4 is 21.6 Å². The Bertz CT molecular complexity index is 773. The Morgan fingerprint density at radius 2 is 1.56 bits per heavy atom. The first-order valence-electron chi connectivity index (χ1n) is 10.0. The molecule has 0 aromatic heterocycles. The highest BCUT2D eigenvalue weighted by Crippen LogP contribution is 2.21. The number of carbonyl (C=O) groups excluding carboxylic acids is 1. The molecule has 148 valence electrons. The number of sulfonamides is 1. The number of hydrogen-bond acceptors (Lipinski definition) is 4. The van der Waals surface area contributed by atoms with Gasteiger partial charge in [-0.3, -0.25) is 4.79 Å². The minimum Gasteiger partial charge on any atom is -0.267 e. The fourth-order valence-corrected chi connectivity index (χ4v) is 5.24. The molecule has 1 N–H and O–H groups in total. The molecule has 1 heterocycles. The summed E-state index contributed by atoms with van der Waals surface area (Å²) < 4.78 is 27.1. The molecular weight excluding hydrogens is 362 g/mol. The van der Waals surface area contributed by atoms with E-state index < -0.39 is 10.0 Å². The molecule has 1 aliphatic carbocycles. The third kappa shape index (κ3) is 5.39. The van der Waals surface area contributed by atoms with E-state index in [0.717, 1.165) is 50.7 Å². The van der Waals surface area contributed by atoms with Crippen molar-refractivity contribution in [2.75, 3.05) is 13.1 Å². The van der Waals surface area contributed by atoms with Gasteiger partial charge in [-0.1, -0.05) is 31.7 Å². The molecule has 6 nitrogen and oxygen atoms in total. The van der Waals surface area contributed by atoms with Gasteiger partial charge in [-0.15, -0.1) is 0 Å². The number of amides is 1. The van der Waals surface area contributed by atoms with Crippen LogP contribution in [-0.4, -0.2) is 37.4 Å². The lowest BCUT2D eigenvalue weighted by atomic mass is 9.99. The van der Waals surface area contributed by atoms with Crippen LogP contribution in [0.3, 0.4) is 0 Å². The topological polar surface area (TPSA) is 78.8 Å². The Morgan fingerprint density at radius 1 is 0.926 bits per heavy atom. The third-order valence-corrected chi connectivity index (χ3v) is 7.19. The van der Waals surface area contributed by atoms with Gasteiger partial charge in [0.15, 0.2) is 0 Å². The summed E-state index contributed by atoms with van der Waals surface area (Å²) in [6, 6.07) is 6.26. The molecule has 27 heavy (non-hydrogen) atoms. The van der Waals surface area contributed by atoms with Crippen LogP contribution in [-0.2, 0) is 10.0 Å². The van der Waals surface area contributed by atoms with Crippen molar-refractivity contribution in [3.8, 4) is 0 Å². The zero-order valence-electron chi connectivity index (χ0n) is 15.8. The normalized spacial score (nSPS) is 19.8. The lowest BCUT2D eigenvalue weighted by Gasteiger charge is -2.25. The van der Waals surface area contributed by atoms with Crippen molar-refractivity contribution in [1.29, 1.82) is 0 Å². The molecule has 7 heteroatoms. The fraction of sp³-hybridized carbons (Fsp3) is 0.600. The average Bonchev–Trinajstić information content (AvgIpc) is 2.68. The molecule has 2 fully saturated rings. The van der Waals surface area contributed by atoms with Crippen LogP contribution in [0.4, 0.5) is 0 Å². The van der Waals surface area contributed by atoms with E-state index in [0.29, 0.717) is 18.7 Å². The van der Waals surface area contributed by atoms with Gasteiger partial charge in [-0.2, -0.15) is 9.41 Å². The van der Waals surface area contributed by atoms with E-state index in [1.54, 1.807) is 18.2 Å². The molecule has 1 amide bonds. The van der Waals surface area contributed by atoms with Crippen molar-refractivity contribution < 1.29 is 13.2 Å². The molecule has 1 aromatic rings. The molecule has 1 aliphatic heterocycles. The van der Waals surface area contributed by atoms with Gasteiger partial charge >= 0.3 is 0 Å². The number of piperidine rings is 1. The van der Waals surface area contributed by atoms with Crippen LogP contribution < -0.4 is 5.43 Å². The van der Waals surface area contributed by atoms with Gasteiger partial charge in [0.25, 0.3) is 5.91 Å². The highest BCUT2D eigenvalue weighted by molar-refractivity contribution is 7.89. The van der Waals surface area contributed by atoms with E-state index in [4.69, 9.17) is 0 Å². The zero-order chi connectivity index (χ0) is 19.1. The summed E-state index contributed by atoms with van der Waals surface area (Å²) in [5.74, 6) is -0.361. The molecule has 0 radical (unpaired) electrons. The smallest absolute Gasteiger partial charge is 0.267 e. The summed E-state index contributed by atoms with van der Waals surface area (Å²) in [6.07, 6.45) is 10.6. The van der Waals surface area contributed by atoms with E-state index in [9.17, 15) is 13.2 Å². The highest BCUT2D eigenvalue weighted by Gasteiger charge is 2.26. The Morgan fingerprint density at radius 3 is 2.26 bits per heavy atom. The van der Waals surface area contributed by atoms with Crippen LogP contribution >= 0.6 is 0 Å². The Labute approximate surface area is 162 Å². The van der Waals surface area contributed by atoms with E-state index in [1.807, 2.05) is 0 Å². The number of hydrogen-bond donors (Lipinski definition) is 1. The van der Waals surface area contributed by atoms with E-state index in [1.165, 1.54) is 29.6 Å². The van der Waals surface area contributed by atoms with Crippen molar-refractivity contribution in [3.05, 3.63) is 29.8 Å². The quantitative estimate of drug-likeness (QED) is 0.795. The van der Waals surface area contributed by atoms with E-state index in [2.05, 4.69) is 10.5 Å². The van der Waals surface area contributed by atoms with Gasteiger partial charge in [0.05, 0.1) is 4.90 Å². The van der Waals surface area contributed by atoms with Crippen LogP contribution in [0.25, 0.3) is 0 Å². The first kappa shape index (κ1) is 20.0. The molecule has 1 aromatic carbocycles.